The SMILES string of the molecule is C[C@@H](N)C(=O)NC[C@H]1O[C@@H](n2ccc(=O)[nH]c2=O)[C@H](O)[C@@H]1O. The molecule has 10 nitrogen and oxygen atoms in total. The molecule has 0 unspecified atom stereocenters. The minimum Gasteiger partial charge on any atom is -0.387 e. The Bertz CT molecular complexity index is 654. The number of nitrogens with one attached hydrogen (secondary N) is 2. The molecule has 0 spiro atoms. The second-order valence-corrected chi connectivity index (χ2v) is 5.10. The van der Waals surface area contributed by atoms with Crippen molar-refractivity contribution in [2.75, 3.05) is 6.54 Å². The maximum absolute atomic E-state index is 11.7. The quantitative estimate of drug-likeness (QED) is 0.387. The molecular formula is C12H18N4O6. The summed E-state index contributed by atoms with van der Waals surface area (Å²) in [4.78, 5) is 36.1. The van der Waals surface area contributed by atoms with Gasteiger partial charge in [0, 0.05) is 18.8 Å². The molecule has 1 fully saturated rings. The van der Waals surface area contributed by atoms with E-state index in [2.05, 4.69) is 5.32 Å². The Balaban J connectivity index is 2.11. The molecule has 0 bridgehead atoms. The standard InChI is InChI=1S/C12H18N4O6/c1-5(13)10(20)14-4-6-8(18)9(19)11(22-6)16-3-2-7(17)15-12(16)21/h2-3,5-6,8-9,11,18-19H,4,13H2,1H3,(H,14,20)(H,15,17,21)/t5-,6-,8-,9-,11-/m1/s1. The lowest BCUT2D eigenvalue weighted by Crippen LogP contribution is -2.44. The zero-order valence-corrected chi connectivity index (χ0v) is 11.8. The molecule has 1 aromatic rings. The van der Waals surface area contributed by atoms with Gasteiger partial charge in [-0.2, -0.15) is 0 Å². The third kappa shape index (κ3) is 3.25. The van der Waals surface area contributed by atoms with E-state index in [4.69, 9.17) is 10.5 Å². The van der Waals surface area contributed by atoms with E-state index in [1.54, 1.807) is 0 Å². The van der Waals surface area contributed by atoms with Crippen molar-refractivity contribution in [3.63, 3.8) is 0 Å². The summed E-state index contributed by atoms with van der Waals surface area (Å²) in [7, 11) is 0. The van der Waals surface area contributed by atoms with Crippen molar-refractivity contribution in [3.8, 4) is 0 Å². The average Bonchev–Trinajstić information content (AvgIpc) is 2.73. The van der Waals surface area contributed by atoms with Crippen LogP contribution in [0.4, 0.5) is 0 Å². The number of hydrogen-bond acceptors (Lipinski definition) is 7. The van der Waals surface area contributed by atoms with Crippen molar-refractivity contribution in [2.45, 2.75) is 37.5 Å². The summed E-state index contributed by atoms with van der Waals surface area (Å²) in [5.74, 6) is -0.435. The number of aliphatic hydroxyl groups is 2. The molecule has 1 aliphatic rings. The third-order valence-electron chi connectivity index (χ3n) is 3.35. The van der Waals surface area contributed by atoms with Gasteiger partial charge in [0.05, 0.1) is 6.04 Å². The van der Waals surface area contributed by atoms with Gasteiger partial charge in [0.15, 0.2) is 6.23 Å². The molecule has 1 saturated heterocycles. The van der Waals surface area contributed by atoms with E-state index in [0.717, 1.165) is 16.8 Å². The summed E-state index contributed by atoms with van der Waals surface area (Å²) in [5.41, 5.74) is 4.03. The summed E-state index contributed by atoms with van der Waals surface area (Å²) in [6, 6.07) is 0.371. The van der Waals surface area contributed by atoms with Crippen molar-refractivity contribution in [1.82, 2.24) is 14.9 Å². The van der Waals surface area contributed by atoms with E-state index in [1.807, 2.05) is 4.98 Å². The molecule has 0 aliphatic carbocycles. The Hall–Kier alpha value is -2.01. The van der Waals surface area contributed by atoms with Gasteiger partial charge in [-0.1, -0.05) is 0 Å². The molecular weight excluding hydrogens is 296 g/mol. The van der Waals surface area contributed by atoms with Gasteiger partial charge in [0.2, 0.25) is 5.91 Å². The second kappa shape index (κ2) is 6.40. The molecule has 22 heavy (non-hydrogen) atoms. The number of carbonyl (C=O) groups is 1. The fraction of sp³-hybridized carbons (Fsp3) is 0.583. The van der Waals surface area contributed by atoms with Crippen molar-refractivity contribution in [3.05, 3.63) is 33.1 Å². The molecule has 0 saturated carbocycles. The molecule has 1 aliphatic heterocycles. The maximum atomic E-state index is 11.7. The molecule has 0 aromatic carbocycles. The smallest absolute Gasteiger partial charge is 0.330 e. The fourth-order valence-electron chi connectivity index (χ4n) is 2.12. The monoisotopic (exact) mass is 314 g/mol. The van der Waals surface area contributed by atoms with E-state index < -0.39 is 47.7 Å². The van der Waals surface area contributed by atoms with Crippen molar-refractivity contribution >= 4 is 5.91 Å². The predicted molar refractivity (Wildman–Crippen MR) is 73.9 cm³/mol. The molecule has 6 N–H and O–H groups in total. The van der Waals surface area contributed by atoms with Gasteiger partial charge in [-0.3, -0.25) is 19.1 Å². The Labute approximate surface area is 124 Å². The van der Waals surface area contributed by atoms with E-state index in [9.17, 15) is 24.6 Å². The van der Waals surface area contributed by atoms with E-state index in [0.29, 0.717) is 0 Å². The molecule has 122 valence electrons. The molecule has 1 amide bonds. The maximum Gasteiger partial charge on any atom is 0.330 e. The van der Waals surface area contributed by atoms with Crippen LogP contribution in [0.15, 0.2) is 21.9 Å². The Morgan fingerprint density at radius 2 is 2.18 bits per heavy atom. The van der Waals surface area contributed by atoms with Crippen LogP contribution in [-0.4, -0.2) is 56.6 Å². The first-order valence-corrected chi connectivity index (χ1v) is 6.67. The number of H-pyrrole nitrogens is 1. The van der Waals surface area contributed by atoms with Gasteiger partial charge in [-0.25, -0.2) is 4.79 Å². The summed E-state index contributed by atoms with van der Waals surface area (Å²) >= 11 is 0. The highest BCUT2D eigenvalue weighted by molar-refractivity contribution is 5.80. The van der Waals surface area contributed by atoms with Crippen LogP contribution in [0.3, 0.4) is 0 Å². The number of nitrogens with zero attached hydrogens (tertiary/aromatic N) is 1. The third-order valence-corrected chi connectivity index (χ3v) is 3.35. The predicted octanol–water partition coefficient (Wildman–Crippen LogP) is -3.38. The topological polar surface area (TPSA) is 160 Å². The lowest BCUT2D eigenvalue weighted by Gasteiger charge is -2.17. The number of nitrogens with two attached hydrogens (primary N) is 1. The Morgan fingerprint density at radius 1 is 1.50 bits per heavy atom. The highest BCUT2D eigenvalue weighted by Gasteiger charge is 2.44. The largest absolute Gasteiger partial charge is 0.387 e. The van der Waals surface area contributed by atoms with Crippen LogP contribution in [0.25, 0.3) is 0 Å². The zero-order valence-electron chi connectivity index (χ0n) is 11.8. The van der Waals surface area contributed by atoms with Crippen molar-refractivity contribution < 1.29 is 19.7 Å². The summed E-state index contributed by atoms with van der Waals surface area (Å²) < 4.78 is 6.37. The van der Waals surface area contributed by atoms with E-state index in [-0.39, 0.29) is 6.54 Å². The van der Waals surface area contributed by atoms with Gasteiger partial charge < -0.3 is 26.0 Å². The molecule has 2 heterocycles. The molecule has 1 aromatic heterocycles. The first-order chi connectivity index (χ1) is 10.3. The highest BCUT2D eigenvalue weighted by Crippen LogP contribution is 2.27. The van der Waals surface area contributed by atoms with Crippen LogP contribution in [-0.2, 0) is 9.53 Å². The normalized spacial score (nSPS) is 29.3. The molecule has 5 atom stereocenters. The van der Waals surface area contributed by atoms with E-state index in [1.165, 1.54) is 6.92 Å². The number of aromatic amines is 1. The summed E-state index contributed by atoms with van der Waals surface area (Å²) in [6.07, 6.45) is -3.62. The average molecular weight is 314 g/mol. The Kier molecular flexibility index (Phi) is 4.76. The lowest BCUT2D eigenvalue weighted by molar-refractivity contribution is -0.123. The van der Waals surface area contributed by atoms with Crippen LogP contribution in [0.1, 0.15) is 13.2 Å². The lowest BCUT2D eigenvalue weighted by atomic mass is 10.1. The number of hydrogen-bond donors (Lipinski definition) is 5. The summed E-state index contributed by atoms with van der Waals surface area (Å²) in [5, 5.41) is 22.4. The van der Waals surface area contributed by atoms with Gasteiger partial charge in [0.25, 0.3) is 5.56 Å². The van der Waals surface area contributed by atoms with Crippen molar-refractivity contribution in [2.24, 2.45) is 5.73 Å². The number of ether oxygens (including phenoxy) is 1. The Morgan fingerprint density at radius 3 is 2.77 bits per heavy atom. The van der Waals surface area contributed by atoms with Crippen LogP contribution in [0, 0.1) is 0 Å². The first kappa shape index (κ1) is 16.4. The molecule has 2 rings (SSSR count). The molecule has 0 radical (unpaired) electrons. The number of amides is 1. The minimum absolute atomic E-state index is 0.0762. The fourth-order valence-corrected chi connectivity index (χ4v) is 2.12. The van der Waals surface area contributed by atoms with Gasteiger partial charge >= 0.3 is 5.69 Å². The van der Waals surface area contributed by atoms with Crippen molar-refractivity contribution in [1.29, 1.82) is 0 Å². The number of carbonyl (C=O) groups excluding carboxylic acids is 1. The number of aliphatic hydroxyl groups excluding tert-OH is 2. The van der Waals surface area contributed by atoms with Gasteiger partial charge in [0.1, 0.15) is 18.3 Å². The molecule has 10 heteroatoms. The van der Waals surface area contributed by atoms with Crippen LogP contribution >= 0.6 is 0 Å². The second-order valence-electron chi connectivity index (χ2n) is 5.10. The van der Waals surface area contributed by atoms with E-state index >= 15 is 0 Å². The van der Waals surface area contributed by atoms with Gasteiger partial charge in [-0.05, 0) is 6.92 Å². The summed E-state index contributed by atoms with van der Waals surface area (Å²) in [6.45, 7) is 1.42. The first-order valence-electron chi connectivity index (χ1n) is 6.67. The zero-order chi connectivity index (χ0) is 16.4. The number of rotatable bonds is 4. The minimum atomic E-state index is -1.39. The van der Waals surface area contributed by atoms with Gasteiger partial charge in [-0.15, -0.1) is 0 Å². The van der Waals surface area contributed by atoms with Crippen LogP contribution in [0.2, 0.25) is 0 Å². The van der Waals surface area contributed by atoms with Crippen LogP contribution < -0.4 is 22.3 Å². The number of aromatic nitrogens is 2. The van der Waals surface area contributed by atoms with Crippen LogP contribution in [0.5, 0.6) is 0 Å². The highest BCUT2D eigenvalue weighted by atomic mass is 16.6.